The number of halogens is 1. The van der Waals surface area contributed by atoms with E-state index in [9.17, 15) is 8.42 Å². The number of hydrogen-bond acceptors (Lipinski definition) is 6. The van der Waals surface area contributed by atoms with Crippen LogP contribution in [0.15, 0.2) is 42.9 Å². The van der Waals surface area contributed by atoms with Crippen molar-refractivity contribution in [1.29, 1.82) is 0 Å². The van der Waals surface area contributed by atoms with Crippen LogP contribution in [-0.4, -0.2) is 44.7 Å². The van der Waals surface area contributed by atoms with Crippen molar-refractivity contribution in [2.24, 2.45) is 0 Å². The van der Waals surface area contributed by atoms with Gasteiger partial charge in [-0.15, -0.1) is 5.10 Å². The summed E-state index contributed by atoms with van der Waals surface area (Å²) in [5.74, 6) is 1.16. The van der Waals surface area contributed by atoms with Crippen LogP contribution >= 0.6 is 11.6 Å². The lowest BCUT2D eigenvalue weighted by atomic mass is 10.0. The first-order chi connectivity index (χ1) is 12.4. The lowest BCUT2D eigenvalue weighted by Crippen LogP contribution is -2.33. The fraction of sp³-hybridized carbons (Fsp3) is 0.294. The van der Waals surface area contributed by atoms with E-state index in [0.717, 1.165) is 5.56 Å². The lowest BCUT2D eigenvalue weighted by Gasteiger charge is -2.24. The van der Waals surface area contributed by atoms with Gasteiger partial charge >= 0.3 is 0 Å². The van der Waals surface area contributed by atoms with Gasteiger partial charge in [-0.05, 0) is 37.6 Å². The van der Waals surface area contributed by atoms with E-state index < -0.39 is 15.4 Å². The van der Waals surface area contributed by atoms with Crippen LogP contribution in [0, 0.1) is 0 Å². The first-order valence-corrected chi connectivity index (χ1v) is 10.3. The Morgan fingerprint density at radius 3 is 2.58 bits per heavy atom. The Balaban J connectivity index is 1.88. The predicted molar refractivity (Wildman–Crippen MR) is 98.4 cm³/mol. The molecule has 0 saturated carbocycles. The smallest absolute Gasteiger partial charge is 0.181 e. The third-order valence-electron chi connectivity index (χ3n) is 4.50. The topological polar surface area (TPSA) is 90.6 Å². The summed E-state index contributed by atoms with van der Waals surface area (Å²) in [5.41, 5.74) is 0.664. The van der Waals surface area contributed by atoms with Gasteiger partial charge in [0, 0.05) is 23.0 Å². The molecule has 4 rings (SSSR count). The van der Waals surface area contributed by atoms with Gasteiger partial charge in [-0.1, -0.05) is 11.6 Å². The molecule has 1 aromatic carbocycles. The summed E-state index contributed by atoms with van der Waals surface area (Å²) in [7, 11) is -3.10. The molecule has 0 bridgehead atoms. The largest absolute Gasteiger partial charge is 0.261 e. The number of nitrogens with zero attached hydrogens (tertiary/aromatic N) is 5. The van der Waals surface area contributed by atoms with Gasteiger partial charge in [-0.3, -0.25) is 4.98 Å². The molecular formula is C17H16ClN5O2S. The number of rotatable bonds is 3. The summed E-state index contributed by atoms with van der Waals surface area (Å²) < 4.78 is 25.8. The molecule has 134 valence electrons. The second kappa shape index (κ2) is 6.14. The minimum absolute atomic E-state index is 0.0245. The van der Waals surface area contributed by atoms with Crippen LogP contribution in [0.25, 0.3) is 22.9 Å². The van der Waals surface area contributed by atoms with Crippen molar-refractivity contribution >= 4 is 21.4 Å². The average Bonchev–Trinajstić information content (AvgIpc) is 3.19. The Morgan fingerprint density at radius 2 is 1.96 bits per heavy atom. The molecule has 0 aliphatic carbocycles. The molecule has 1 atom stereocenters. The maximum Gasteiger partial charge on any atom is 0.181 e. The lowest BCUT2D eigenvalue weighted by molar-refractivity contribution is 0.332. The van der Waals surface area contributed by atoms with Gasteiger partial charge in [-0.2, -0.15) is 0 Å². The molecule has 0 N–H and O–H groups in total. The van der Waals surface area contributed by atoms with Crippen LogP contribution in [0.5, 0.6) is 0 Å². The van der Waals surface area contributed by atoms with E-state index in [-0.39, 0.29) is 11.5 Å². The molecule has 0 spiro atoms. The number of hydrogen-bond donors (Lipinski definition) is 0. The number of sulfone groups is 1. The molecule has 1 aliphatic rings. The highest BCUT2D eigenvalue weighted by molar-refractivity contribution is 7.91. The van der Waals surface area contributed by atoms with Crippen LogP contribution < -0.4 is 0 Å². The van der Waals surface area contributed by atoms with Crippen molar-refractivity contribution in [3.05, 3.63) is 47.9 Å². The molecule has 7 nitrogen and oxygen atoms in total. The zero-order chi connectivity index (χ0) is 18.4. The third kappa shape index (κ3) is 3.10. The zero-order valence-electron chi connectivity index (χ0n) is 14.0. The van der Waals surface area contributed by atoms with E-state index in [0.29, 0.717) is 28.8 Å². The van der Waals surface area contributed by atoms with Crippen LogP contribution in [0.4, 0.5) is 0 Å². The fourth-order valence-electron chi connectivity index (χ4n) is 3.15. The van der Waals surface area contributed by atoms with Crippen molar-refractivity contribution < 1.29 is 8.42 Å². The monoisotopic (exact) mass is 389 g/mol. The second-order valence-electron chi connectivity index (χ2n) is 6.61. The van der Waals surface area contributed by atoms with E-state index in [4.69, 9.17) is 11.6 Å². The highest BCUT2D eigenvalue weighted by atomic mass is 35.5. The predicted octanol–water partition coefficient (Wildman–Crippen LogP) is 2.59. The Bertz CT molecular complexity index is 1050. The van der Waals surface area contributed by atoms with E-state index in [2.05, 4.69) is 20.1 Å². The minimum Gasteiger partial charge on any atom is -0.261 e. The average molecular weight is 390 g/mol. The molecule has 1 saturated heterocycles. The Labute approximate surface area is 156 Å². The first kappa shape index (κ1) is 17.1. The molecule has 26 heavy (non-hydrogen) atoms. The summed E-state index contributed by atoms with van der Waals surface area (Å²) in [4.78, 5) is 13.0. The van der Waals surface area contributed by atoms with E-state index >= 15 is 0 Å². The van der Waals surface area contributed by atoms with Crippen molar-refractivity contribution in [3.63, 3.8) is 0 Å². The molecular weight excluding hydrogens is 374 g/mol. The molecule has 1 fully saturated rings. The fourth-order valence-corrected chi connectivity index (χ4v) is 5.39. The first-order valence-electron chi connectivity index (χ1n) is 8.07. The van der Waals surface area contributed by atoms with Gasteiger partial charge in [0.1, 0.15) is 5.69 Å². The van der Waals surface area contributed by atoms with Crippen molar-refractivity contribution in [2.45, 2.75) is 18.9 Å². The zero-order valence-corrected chi connectivity index (χ0v) is 15.6. The SMILES string of the molecule is CC1(n2nc(-c3ccc(Cl)cc3)nc2-c2cnccn2)CCS(=O)(=O)C1. The van der Waals surface area contributed by atoms with Crippen molar-refractivity contribution in [1.82, 2.24) is 24.7 Å². The Morgan fingerprint density at radius 1 is 1.19 bits per heavy atom. The second-order valence-corrected chi connectivity index (χ2v) is 9.23. The molecule has 1 aliphatic heterocycles. The van der Waals surface area contributed by atoms with Gasteiger partial charge in [0.05, 0.1) is 23.2 Å². The van der Waals surface area contributed by atoms with Crippen molar-refractivity contribution in [2.75, 3.05) is 11.5 Å². The molecule has 0 amide bonds. The summed E-state index contributed by atoms with van der Waals surface area (Å²) in [5, 5.41) is 5.26. The summed E-state index contributed by atoms with van der Waals surface area (Å²) in [6.07, 6.45) is 5.22. The van der Waals surface area contributed by atoms with Gasteiger partial charge in [0.2, 0.25) is 0 Å². The molecule has 9 heteroatoms. The number of benzene rings is 1. The summed E-state index contributed by atoms with van der Waals surface area (Å²) >= 11 is 5.96. The highest BCUT2D eigenvalue weighted by Gasteiger charge is 2.42. The molecule has 3 aromatic rings. The standard InChI is InChI=1S/C17H16ClN5O2S/c1-17(6-9-26(24,25)11-17)23-16(14-10-19-7-8-20-14)21-15(22-23)12-2-4-13(18)5-3-12/h2-5,7-8,10H,6,9,11H2,1H3. The minimum atomic E-state index is -3.10. The summed E-state index contributed by atoms with van der Waals surface area (Å²) in [6.45, 7) is 1.89. The quantitative estimate of drug-likeness (QED) is 0.683. The van der Waals surface area contributed by atoms with Gasteiger partial charge in [0.15, 0.2) is 21.5 Å². The van der Waals surface area contributed by atoms with Crippen LogP contribution in [0.3, 0.4) is 0 Å². The number of aromatic nitrogens is 5. The Hall–Kier alpha value is -2.32. The molecule has 2 aromatic heterocycles. The van der Waals surface area contributed by atoms with E-state index in [1.807, 2.05) is 19.1 Å². The van der Waals surface area contributed by atoms with Gasteiger partial charge < -0.3 is 0 Å². The third-order valence-corrected chi connectivity index (χ3v) is 6.64. The molecule has 1 unspecified atom stereocenters. The van der Waals surface area contributed by atoms with Crippen LogP contribution in [0.2, 0.25) is 5.02 Å². The normalized spacial score (nSPS) is 21.8. The van der Waals surface area contributed by atoms with E-state index in [1.165, 1.54) is 0 Å². The van der Waals surface area contributed by atoms with Crippen LogP contribution in [-0.2, 0) is 15.4 Å². The van der Waals surface area contributed by atoms with Gasteiger partial charge in [0.25, 0.3) is 0 Å². The summed E-state index contributed by atoms with van der Waals surface area (Å²) in [6, 6.07) is 7.19. The Kier molecular flexibility index (Phi) is 4.04. The van der Waals surface area contributed by atoms with E-state index in [1.54, 1.807) is 35.4 Å². The van der Waals surface area contributed by atoms with Crippen molar-refractivity contribution in [3.8, 4) is 22.9 Å². The van der Waals surface area contributed by atoms with Crippen LogP contribution in [0.1, 0.15) is 13.3 Å². The van der Waals surface area contributed by atoms with Gasteiger partial charge in [-0.25, -0.2) is 23.1 Å². The maximum absolute atomic E-state index is 12.1. The molecule has 0 radical (unpaired) electrons. The maximum atomic E-state index is 12.1. The highest BCUT2D eigenvalue weighted by Crippen LogP contribution is 2.34. The molecule has 3 heterocycles.